The average molecular weight is 430 g/mol. The van der Waals surface area contributed by atoms with Gasteiger partial charge < -0.3 is 14.7 Å². The number of hydrogen-bond acceptors (Lipinski definition) is 3. The molecule has 4 nitrogen and oxygen atoms in total. The minimum absolute atomic E-state index is 0.327. The second-order valence-electron chi connectivity index (χ2n) is 7.67. The number of methoxy groups -OCH3 is 1. The number of anilines is 1. The largest absolute Gasteiger partial charge is 0.497 e. The van der Waals surface area contributed by atoms with Crippen molar-refractivity contribution in [2.24, 2.45) is 0 Å². The zero-order chi connectivity index (χ0) is 21.6. The molecule has 1 heterocycles. The second-order valence-corrected chi connectivity index (χ2v) is 8.11. The number of halogens is 1. The first-order valence-electron chi connectivity index (χ1n) is 9.97. The number of fused-ring (bicyclic) bond motifs is 2. The van der Waals surface area contributed by atoms with Crippen LogP contribution < -0.4 is 9.64 Å². The minimum atomic E-state index is -1.81. The summed E-state index contributed by atoms with van der Waals surface area (Å²) in [6, 6.07) is 26.2. The van der Waals surface area contributed by atoms with Crippen molar-refractivity contribution in [1.29, 1.82) is 0 Å². The Hall–Kier alpha value is -3.34. The van der Waals surface area contributed by atoms with Crippen molar-refractivity contribution in [2.45, 2.75) is 12.1 Å². The summed E-state index contributed by atoms with van der Waals surface area (Å²) in [5, 5.41) is 14.3. The van der Waals surface area contributed by atoms with Gasteiger partial charge in [0.15, 0.2) is 5.60 Å². The van der Waals surface area contributed by atoms with E-state index in [-0.39, 0.29) is 0 Å². The van der Waals surface area contributed by atoms with Gasteiger partial charge in [-0.3, -0.25) is 4.79 Å². The minimum Gasteiger partial charge on any atom is -0.497 e. The molecule has 0 saturated heterocycles. The van der Waals surface area contributed by atoms with Crippen LogP contribution in [-0.2, 0) is 16.9 Å². The average Bonchev–Trinajstić information content (AvgIpc) is 3.01. The van der Waals surface area contributed by atoms with E-state index in [1.165, 1.54) is 0 Å². The number of rotatable bonds is 4. The lowest BCUT2D eigenvalue weighted by atomic mass is 9.86. The number of benzene rings is 4. The van der Waals surface area contributed by atoms with E-state index >= 15 is 0 Å². The van der Waals surface area contributed by atoms with E-state index in [0.717, 1.165) is 22.1 Å². The van der Waals surface area contributed by atoms with Gasteiger partial charge in [0, 0.05) is 10.6 Å². The summed E-state index contributed by atoms with van der Waals surface area (Å²) in [7, 11) is 1.61. The SMILES string of the molecule is COc1ccc(CN2C(=O)[C@@](O)(c3ccc4ccccc4c3)c3cc(Cl)ccc32)cc1. The summed E-state index contributed by atoms with van der Waals surface area (Å²) in [5.41, 5.74) is 0.793. The van der Waals surface area contributed by atoms with Crippen LogP contribution in [0, 0.1) is 0 Å². The Morgan fingerprint density at radius 2 is 1.68 bits per heavy atom. The molecule has 5 rings (SSSR count). The third-order valence-electron chi connectivity index (χ3n) is 5.86. The number of amides is 1. The molecule has 4 aromatic rings. The third kappa shape index (κ3) is 3.16. The van der Waals surface area contributed by atoms with E-state index in [0.29, 0.717) is 28.4 Å². The summed E-state index contributed by atoms with van der Waals surface area (Å²) in [4.78, 5) is 15.3. The molecule has 31 heavy (non-hydrogen) atoms. The van der Waals surface area contributed by atoms with E-state index in [9.17, 15) is 9.90 Å². The molecular weight excluding hydrogens is 410 g/mol. The zero-order valence-electron chi connectivity index (χ0n) is 16.9. The van der Waals surface area contributed by atoms with Crippen LogP contribution in [0.25, 0.3) is 10.8 Å². The van der Waals surface area contributed by atoms with Gasteiger partial charge in [0.2, 0.25) is 0 Å². The summed E-state index contributed by atoms with van der Waals surface area (Å²) in [6.07, 6.45) is 0. The van der Waals surface area contributed by atoms with Gasteiger partial charge in [-0.1, -0.05) is 60.1 Å². The monoisotopic (exact) mass is 429 g/mol. The van der Waals surface area contributed by atoms with Crippen molar-refractivity contribution in [2.75, 3.05) is 12.0 Å². The lowest BCUT2D eigenvalue weighted by molar-refractivity contribution is -0.132. The highest BCUT2D eigenvalue weighted by molar-refractivity contribution is 6.31. The number of nitrogens with zero attached hydrogens (tertiary/aromatic N) is 1. The summed E-state index contributed by atoms with van der Waals surface area (Å²) < 4.78 is 5.22. The quantitative estimate of drug-likeness (QED) is 0.480. The zero-order valence-corrected chi connectivity index (χ0v) is 17.6. The lowest BCUT2D eigenvalue weighted by Gasteiger charge is -2.24. The van der Waals surface area contributed by atoms with Crippen molar-refractivity contribution >= 4 is 34.0 Å². The van der Waals surface area contributed by atoms with Crippen molar-refractivity contribution in [1.82, 2.24) is 0 Å². The predicted octanol–water partition coefficient (Wildman–Crippen LogP) is 5.28. The standard InChI is InChI=1S/C26H20ClNO3/c1-31-22-11-6-17(7-12-22)16-28-24-13-10-21(27)15-23(24)26(30,25(28)29)20-9-8-18-4-2-3-5-19(18)14-20/h2-15,30H,16H2,1H3/t26-/m1/s1. The molecule has 0 spiro atoms. The molecule has 4 aromatic carbocycles. The first kappa shape index (κ1) is 19.6. The van der Waals surface area contributed by atoms with E-state index < -0.39 is 11.5 Å². The highest BCUT2D eigenvalue weighted by atomic mass is 35.5. The summed E-state index contributed by atoms with van der Waals surface area (Å²) in [5.74, 6) is 0.354. The van der Waals surface area contributed by atoms with Crippen molar-refractivity contribution in [3.63, 3.8) is 0 Å². The molecule has 0 radical (unpaired) electrons. The third-order valence-corrected chi connectivity index (χ3v) is 6.10. The molecule has 0 unspecified atom stereocenters. The highest BCUT2D eigenvalue weighted by Crippen LogP contribution is 2.46. The Labute approximate surface area is 185 Å². The molecule has 0 aliphatic carbocycles. The van der Waals surface area contributed by atoms with Crippen molar-refractivity contribution < 1.29 is 14.6 Å². The molecule has 1 amide bonds. The summed E-state index contributed by atoms with van der Waals surface area (Å²) >= 11 is 6.27. The Balaban J connectivity index is 1.62. The maximum absolute atomic E-state index is 13.7. The molecule has 0 aromatic heterocycles. The lowest BCUT2D eigenvalue weighted by Crippen LogP contribution is -2.40. The molecule has 5 heteroatoms. The molecule has 0 saturated carbocycles. The van der Waals surface area contributed by atoms with Gasteiger partial charge in [-0.05, 0) is 58.3 Å². The number of carbonyl (C=O) groups excluding carboxylic acids is 1. The molecule has 0 fully saturated rings. The maximum Gasteiger partial charge on any atom is 0.268 e. The van der Waals surface area contributed by atoms with E-state index in [4.69, 9.17) is 16.3 Å². The Bertz CT molecular complexity index is 1300. The van der Waals surface area contributed by atoms with Crippen LogP contribution >= 0.6 is 11.6 Å². The molecule has 154 valence electrons. The molecular formula is C26H20ClNO3. The fraction of sp³-hybridized carbons (Fsp3) is 0.115. The van der Waals surface area contributed by atoms with Crippen molar-refractivity contribution in [3.05, 3.63) is 107 Å². The van der Waals surface area contributed by atoms with E-state index in [2.05, 4.69) is 0 Å². The van der Waals surface area contributed by atoms with Crippen LogP contribution in [0.1, 0.15) is 16.7 Å². The molecule has 1 aliphatic heterocycles. The summed E-state index contributed by atoms with van der Waals surface area (Å²) in [6.45, 7) is 0.327. The van der Waals surface area contributed by atoms with Gasteiger partial charge in [-0.25, -0.2) is 0 Å². The van der Waals surface area contributed by atoms with Gasteiger partial charge in [0.1, 0.15) is 5.75 Å². The number of carbonyl (C=O) groups is 1. The smallest absolute Gasteiger partial charge is 0.268 e. The Kier molecular flexibility index (Phi) is 4.69. The van der Waals surface area contributed by atoms with E-state index in [1.54, 1.807) is 30.2 Å². The van der Waals surface area contributed by atoms with Crippen LogP contribution in [0.2, 0.25) is 5.02 Å². The highest BCUT2D eigenvalue weighted by Gasteiger charge is 2.51. The van der Waals surface area contributed by atoms with Gasteiger partial charge >= 0.3 is 0 Å². The fourth-order valence-corrected chi connectivity index (χ4v) is 4.39. The fourth-order valence-electron chi connectivity index (χ4n) is 4.22. The van der Waals surface area contributed by atoms with Gasteiger partial charge in [0.05, 0.1) is 19.3 Å². The first-order valence-corrected chi connectivity index (χ1v) is 10.3. The molecule has 1 aliphatic rings. The van der Waals surface area contributed by atoms with Crippen molar-refractivity contribution in [3.8, 4) is 5.75 Å². The van der Waals surface area contributed by atoms with Crippen LogP contribution in [0.3, 0.4) is 0 Å². The van der Waals surface area contributed by atoms with E-state index in [1.807, 2.05) is 66.7 Å². The van der Waals surface area contributed by atoms with Crippen LogP contribution in [0.15, 0.2) is 84.9 Å². The number of aliphatic hydroxyl groups is 1. The Morgan fingerprint density at radius 1 is 0.935 bits per heavy atom. The second kappa shape index (κ2) is 7.41. The molecule has 1 atom stereocenters. The van der Waals surface area contributed by atoms with Crippen LogP contribution in [-0.4, -0.2) is 18.1 Å². The number of hydrogen-bond donors (Lipinski definition) is 1. The van der Waals surface area contributed by atoms with Gasteiger partial charge in [-0.15, -0.1) is 0 Å². The van der Waals surface area contributed by atoms with Gasteiger partial charge in [0.25, 0.3) is 5.91 Å². The molecule has 0 bridgehead atoms. The first-order chi connectivity index (χ1) is 15.0. The van der Waals surface area contributed by atoms with Gasteiger partial charge in [-0.2, -0.15) is 0 Å². The topological polar surface area (TPSA) is 49.8 Å². The van der Waals surface area contributed by atoms with Crippen LogP contribution in [0.4, 0.5) is 5.69 Å². The number of ether oxygens (including phenoxy) is 1. The Morgan fingerprint density at radius 3 is 2.42 bits per heavy atom. The molecule has 1 N–H and O–H groups in total. The van der Waals surface area contributed by atoms with Crippen LogP contribution in [0.5, 0.6) is 5.75 Å². The normalized spacial score (nSPS) is 17.8. The maximum atomic E-state index is 13.7. The predicted molar refractivity (Wildman–Crippen MR) is 123 cm³/mol.